The molecule has 2 amide bonds. The van der Waals surface area contributed by atoms with Crippen LogP contribution in [0.5, 0.6) is 0 Å². The molecule has 8 aromatic carbocycles. The first kappa shape index (κ1) is 50.0. The van der Waals surface area contributed by atoms with Crippen LogP contribution in [0, 0.1) is 0 Å². The lowest BCUT2D eigenvalue weighted by Gasteiger charge is -2.08. The van der Waals surface area contributed by atoms with Gasteiger partial charge in [-0.15, -0.1) is 20.5 Å². The Morgan fingerprint density at radius 3 is 0.833 bits per heavy atom. The maximum Gasteiger partial charge on any atom is 0.323 e. The lowest BCUT2D eigenvalue weighted by molar-refractivity contribution is 0.262. The summed E-state index contributed by atoms with van der Waals surface area (Å²) < 4.78 is 131. The number of nitrogens with one attached hydrogen (secondary N) is 2. The van der Waals surface area contributed by atoms with E-state index in [0.717, 1.165) is 24.3 Å². The average Bonchev–Trinajstić information content (AvgIpc) is 3.33. The van der Waals surface area contributed by atoms with Crippen LogP contribution in [-0.4, -0.2) is 57.9 Å². The van der Waals surface area contributed by atoms with Gasteiger partial charge >= 0.3 is 6.03 Å². The fourth-order valence-electron chi connectivity index (χ4n) is 6.59. The van der Waals surface area contributed by atoms with E-state index in [4.69, 9.17) is 0 Å². The molecule has 364 valence electrons. The fourth-order valence-corrected chi connectivity index (χ4v) is 8.57. The zero-order chi connectivity index (χ0) is 51.4. The molecule has 0 saturated carbocycles. The van der Waals surface area contributed by atoms with E-state index in [9.17, 15) is 56.7 Å². The van der Waals surface area contributed by atoms with Gasteiger partial charge in [0.1, 0.15) is 0 Å². The van der Waals surface area contributed by atoms with Crippen molar-refractivity contribution in [1.82, 2.24) is 0 Å². The zero-order valence-electron chi connectivity index (χ0n) is 36.2. The molecule has 8 aromatic rings. The van der Waals surface area contributed by atoms with E-state index in [0.29, 0.717) is 33.5 Å². The van der Waals surface area contributed by atoms with E-state index < -0.39 is 56.3 Å². The molecule has 27 heteroatoms. The van der Waals surface area contributed by atoms with Crippen molar-refractivity contribution in [3.8, 4) is 0 Å². The zero-order valence-corrected chi connectivity index (χ0v) is 39.5. The molecule has 0 aliphatic rings. The summed E-state index contributed by atoms with van der Waals surface area (Å²) in [6.45, 7) is 0. The average molecular weight is 1050 g/mol. The van der Waals surface area contributed by atoms with Gasteiger partial charge in [0, 0.05) is 32.9 Å². The van der Waals surface area contributed by atoms with E-state index in [-0.39, 0.29) is 54.7 Å². The van der Waals surface area contributed by atoms with Gasteiger partial charge in [-0.25, -0.2) is 4.79 Å². The van der Waals surface area contributed by atoms with Crippen LogP contribution < -0.4 is 10.6 Å². The van der Waals surface area contributed by atoms with E-state index in [2.05, 4.69) is 51.5 Å². The highest BCUT2D eigenvalue weighted by Gasteiger charge is 2.17. The Morgan fingerprint density at radius 1 is 0.306 bits per heavy atom. The molecule has 6 N–H and O–H groups in total. The number of hydrogen-bond acceptors (Lipinski definition) is 17. The second-order valence-electron chi connectivity index (χ2n) is 15.0. The van der Waals surface area contributed by atoms with Crippen LogP contribution >= 0.6 is 0 Å². The van der Waals surface area contributed by atoms with E-state index in [1.807, 2.05) is 0 Å². The highest BCUT2D eigenvalue weighted by atomic mass is 32.2. The van der Waals surface area contributed by atoms with Crippen molar-refractivity contribution >= 4 is 125 Å². The number of benzene rings is 8. The second kappa shape index (κ2) is 20.1. The number of azo groups is 4. The van der Waals surface area contributed by atoms with Crippen molar-refractivity contribution in [2.45, 2.75) is 19.6 Å². The number of carbonyl (C=O) groups excluding carboxylic acids is 1. The van der Waals surface area contributed by atoms with Gasteiger partial charge < -0.3 is 10.6 Å². The normalized spacial score (nSPS) is 12.7. The molecule has 0 fully saturated rings. The molecule has 0 radical (unpaired) electrons. The second-order valence-corrected chi connectivity index (χ2v) is 20.7. The Labute approximate surface area is 408 Å². The predicted molar refractivity (Wildman–Crippen MR) is 262 cm³/mol. The molecule has 0 aromatic heterocycles. The van der Waals surface area contributed by atoms with Gasteiger partial charge in [-0.05, 0) is 146 Å². The standard InChI is InChI=1S/C45H32N10O13S4/c56-45(46-27-1-5-29(6-2-27)48-54-43-23-21-41(37-19-17-35(25-39(37)43)71(63,64)65)52-50-31-9-13-33(14-10-31)69(57,58)59)47-28-3-7-30(8-4-28)49-55-44-24-22-42(38-20-18-36(26-40(38)44)72(66,67)68)53-51-32-11-15-34(16-12-32)70(60,61)62/h1-26H,(H2,46,47,56)(H,57,58,59)(H,60,61,62)(H,63,64,65)(H,66,67,68). The summed E-state index contributed by atoms with van der Waals surface area (Å²) in [5.74, 6) is 0. The van der Waals surface area contributed by atoms with Crippen LogP contribution in [0.4, 0.5) is 61.7 Å². The third kappa shape index (κ3) is 12.3. The number of urea groups is 1. The lowest BCUT2D eigenvalue weighted by Crippen LogP contribution is -2.19. The minimum atomic E-state index is -4.62. The summed E-state index contributed by atoms with van der Waals surface area (Å²) in [5.41, 5.74) is 2.90. The first-order valence-corrected chi connectivity index (χ1v) is 26.0. The Bertz CT molecular complexity index is 3770. The molecule has 0 aliphatic heterocycles. The van der Waals surface area contributed by atoms with Gasteiger partial charge in [0.25, 0.3) is 40.5 Å². The topological polar surface area (TPSA) is 357 Å². The van der Waals surface area contributed by atoms with Gasteiger partial charge in [-0.3, -0.25) is 18.2 Å². The smallest absolute Gasteiger partial charge is 0.308 e. The summed E-state index contributed by atoms with van der Waals surface area (Å²) in [5, 5.41) is 40.3. The molecule has 0 saturated heterocycles. The highest BCUT2D eigenvalue weighted by molar-refractivity contribution is 7.86. The third-order valence-electron chi connectivity index (χ3n) is 10.1. The Hall–Kier alpha value is -8.41. The number of fused-ring (bicyclic) bond motifs is 2. The molecular formula is C45H32N10O13S4. The lowest BCUT2D eigenvalue weighted by atomic mass is 10.1. The first-order valence-electron chi connectivity index (χ1n) is 20.3. The SMILES string of the molecule is O=C(Nc1ccc(N=Nc2ccc(N=Nc3ccc(S(=O)(=O)O)cc3)c3ccc(S(=O)(=O)O)cc23)cc1)Nc1ccc(N=Nc2ccc(N=Nc3ccc(S(=O)(=O)O)cc3)c3ccc(S(=O)(=O)O)cc23)cc1. The van der Waals surface area contributed by atoms with Crippen LogP contribution in [-0.2, 0) is 40.5 Å². The summed E-state index contributed by atoms with van der Waals surface area (Å²) in [6, 6.07) is 35.4. The Kier molecular flexibility index (Phi) is 14.0. The molecule has 23 nitrogen and oxygen atoms in total. The molecule has 0 aliphatic carbocycles. The third-order valence-corrected chi connectivity index (χ3v) is 13.5. The highest BCUT2D eigenvalue weighted by Crippen LogP contribution is 2.39. The van der Waals surface area contributed by atoms with Crippen LogP contribution in [0.2, 0.25) is 0 Å². The minimum Gasteiger partial charge on any atom is -0.308 e. The number of amides is 2. The monoisotopic (exact) mass is 1050 g/mol. The largest absolute Gasteiger partial charge is 0.323 e. The van der Waals surface area contributed by atoms with E-state index in [1.165, 1.54) is 72.8 Å². The van der Waals surface area contributed by atoms with Crippen molar-refractivity contribution in [3.63, 3.8) is 0 Å². The van der Waals surface area contributed by atoms with Crippen LogP contribution in [0.25, 0.3) is 21.5 Å². The van der Waals surface area contributed by atoms with Gasteiger partial charge in [-0.1, -0.05) is 12.1 Å². The van der Waals surface area contributed by atoms with Crippen molar-refractivity contribution in [3.05, 3.63) is 158 Å². The first-order chi connectivity index (χ1) is 34.1. The molecular weight excluding hydrogens is 1020 g/mol. The summed E-state index contributed by atoms with van der Waals surface area (Å²) in [7, 11) is -18.1. The van der Waals surface area contributed by atoms with Crippen LogP contribution in [0.15, 0.2) is 218 Å². The number of carbonyl (C=O) groups is 1. The Balaban J connectivity index is 0.926. The number of anilines is 2. The van der Waals surface area contributed by atoms with Gasteiger partial charge in [0.05, 0.1) is 65.1 Å². The van der Waals surface area contributed by atoms with Gasteiger partial charge in [0.15, 0.2) is 0 Å². The maximum atomic E-state index is 12.9. The Morgan fingerprint density at radius 2 is 0.556 bits per heavy atom. The maximum absolute atomic E-state index is 12.9. The van der Waals surface area contributed by atoms with E-state index >= 15 is 0 Å². The van der Waals surface area contributed by atoms with Crippen molar-refractivity contribution in [1.29, 1.82) is 0 Å². The summed E-state index contributed by atoms with van der Waals surface area (Å²) in [6.07, 6.45) is 0. The van der Waals surface area contributed by atoms with Crippen LogP contribution in [0.3, 0.4) is 0 Å². The molecule has 0 spiro atoms. The molecule has 0 atom stereocenters. The quantitative estimate of drug-likeness (QED) is 0.0436. The summed E-state index contributed by atoms with van der Waals surface area (Å²) >= 11 is 0. The molecule has 8 rings (SSSR count). The number of hydrogen-bond donors (Lipinski definition) is 6. The van der Waals surface area contributed by atoms with Crippen LogP contribution in [0.1, 0.15) is 0 Å². The summed E-state index contributed by atoms with van der Waals surface area (Å²) in [4.78, 5) is 11.4. The van der Waals surface area contributed by atoms with Crippen molar-refractivity contribution in [2.75, 3.05) is 10.6 Å². The number of nitrogens with zero attached hydrogens (tertiary/aromatic N) is 8. The fraction of sp³-hybridized carbons (Fsp3) is 0. The molecule has 0 bridgehead atoms. The van der Waals surface area contributed by atoms with Crippen molar-refractivity contribution < 1.29 is 56.7 Å². The van der Waals surface area contributed by atoms with Gasteiger partial charge in [0.2, 0.25) is 0 Å². The number of rotatable bonds is 14. The molecule has 0 unspecified atom stereocenters. The molecule has 0 heterocycles. The van der Waals surface area contributed by atoms with E-state index in [1.54, 1.807) is 60.7 Å². The van der Waals surface area contributed by atoms with Crippen molar-refractivity contribution in [2.24, 2.45) is 40.9 Å². The predicted octanol–water partition coefficient (Wildman–Crippen LogP) is 12.3. The molecule has 72 heavy (non-hydrogen) atoms. The minimum absolute atomic E-state index is 0.201. The van der Waals surface area contributed by atoms with Gasteiger partial charge in [-0.2, -0.15) is 54.1 Å².